The van der Waals surface area contributed by atoms with E-state index in [9.17, 15) is 9.18 Å². The molecular weight excluding hydrogens is 305 g/mol. The van der Waals surface area contributed by atoms with Crippen molar-refractivity contribution in [1.82, 2.24) is 9.47 Å². The molecule has 1 aromatic heterocycles. The van der Waals surface area contributed by atoms with Crippen molar-refractivity contribution in [2.45, 2.75) is 25.4 Å². The van der Waals surface area contributed by atoms with E-state index in [1.165, 1.54) is 12.1 Å². The Balaban J connectivity index is 0.00000176. The number of rotatable bonds is 3. The lowest BCUT2D eigenvalue weighted by Crippen LogP contribution is -2.41. The molecule has 0 atom stereocenters. The van der Waals surface area contributed by atoms with Gasteiger partial charge in [0.1, 0.15) is 5.82 Å². The molecule has 0 saturated carbocycles. The molecule has 1 aliphatic heterocycles. The van der Waals surface area contributed by atoms with Gasteiger partial charge in [0.15, 0.2) is 0 Å². The zero-order valence-electron chi connectivity index (χ0n) is 12.4. The van der Waals surface area contributed by atoms with E-state index in [2.05, 4.69) is 4.90 Å². The number of likely N-dealkylation sites (tertiary alicyclic amines) is 1. The van der Waals surface area contributed by atoms with Crippen LogP contribution in [0.3, 0.4) is 0 Å². The molecule has 0 unspecified atom stereocenters. The summed E-state index contributed by atoms with van der Waals surface area (Å²) in [4.78, 5) is 14.4. The van der Waals surface area contributed by atoms with Crippen LogP contribution >= 0.6 is 12.4 Å². The van der Waals surface area contributed by atoms with Gasteiger partial charge in [-0.15, -0.1) is 12.4 Å². The minimum Gasteiger partial charge on any atom is -0.328 e. The molecule has 22 heavy (non-hydrogen) atoms. The van der Waals surface area contributed by atoms with Crippen LogP contribution in [-0.4, -0.2) is 35.1 Å². The van der Waals surface area contributed by atoms with E-state index in [0.29, 0.717) is 18.1 Å². The summed E-state index contributed by atoms with van der Waals surface area (Å²) >= 11 is 0. The van der Waals surface area contributed by atoms with Gasteiger partial charge in [-0.1, -0.05) is 0 Å². The van der Waals surface area contributed by atoms with Crippen LogP contribution in [0.25, 0.3) is 10.9 Å². The number of fused-ring (bicyclic) bond motifs is 1. The average Bonchev–Trinajstić information content (AvgIpc) is 2.48. The lowest BCUT2D eigenvalue weighted by molar-refractivity contribution is 0.206. The Labute approximate surface area is 135 Å². The fraction of sp³-hybridized carbons (Fsp3) is 0.438. The predicted octanol–water partition coefficient (Wildman–Crippen LogP) is 1.99. The number of hydrogen-bond acceptors (Lipinski definition) is 3. The van der Waals surface area contributed by atoms with Gasteiger partial charge in [0.2, 0.25) is 0 Å². The van der Waals surface area contributed by atoms with Crippen LogP contribution in [-0.2, 0) is 6.54 Å². The van der Waals surface area contributed by atoms with E-state index < -0.39 is 0 Å². The van der Waals surface area contributed by atoms with Crippen molar-refractivity contribution in [3.63, 3.8) is 0 Å². The third-order valence-corrected chi connectivity index (χ3v) is 4.23. The van der Waals surface area contributed by atoms with Crippen molar-refractivity contribution in [2.24, 2.45) is 5.73 Å². The maximum absolute atomic E-state index is 13.4. The molecule has 0 bridgehead atoms. The molecule has 2 heterocycles. The van der Waals surface area contributed by atoms with Gasteiger partial charge < -0.3 is 15.2 Å². The van der Waals surface area contributed by atoms with Crippen LogP contribution in [0.15, 0.2) is 35.1 Å². The second kappa shape index (κ2) is 7.22. The highest BCUT2D eigenvalue weighted by atomic mass is 35.5. The van der Waals surface area contributed by atoms with E-state index in [1.54, 1.807) is 22.8 Å². The molecule has 2 aromatic rings. The molecule has 1 saturated heterocycles. The molecule has 120 valence electrons. The quantitative estimate of drug-likeness (QED) is 0.939. The fourth-order valence-electron chi connectivity index (χ4n) is 2.91. The first kappa shape index (κ1) is 16.9. The number of piperidine rings is 1. The first-order chi connectivity index (χ1) is 10.1. The van der Waals surface area contributed by atoms with E-state index >= 15 is 0 Å². The van der Waals surface area contributed by atoms with Crippen LogP contribution < -0.4 is 11.3 Å². The first-order valence-electron chi connectivity index (χ1n) is 7.40. The highest BCUT2D eigenvalue weighted by molar-refractivity contribution is 5.85. The van der Waals surface area contributed by atoms with Crippen molar-refractivity contribution < 1.29 is 4.39 Å². The largest absolute Gasteiger partial charge is 0.328 e. The number of aromatic nitrogens is 1. The van der Waals surface area contributed by atoms with E-state index in [-0.39, 0.29) is 23.8 Å². The third kappa shape index (κ3) is 3.66. The lowest BCUT2D eigenvalue weighted by Gasteiger charge is -2.30. The van der Waals surface area contributed by atoms with Crippen molar-refractivity contribution in [3.8, 4) is 0 Å². The lowest BCUT2D eigenvalue weighted by atomic mass is 10.1. The number of nitrogens with two attached hydrogens (primary N) is 1. The number of benzene rings is 1. The van der Waals surface area contributed by atoms with E-state index in [1.807, 2.05) is 0 Å². The van der Waals surface area contributed by atoms with Gasteiger partial charge in [0.05, 0.1) is 5.52 Å². The number of nitrogens with zero attached hydrogens (tertiary/aromatic N) is 2. The zero-order valence-corrected chi connectivity index (χ0v) is 13.2. The van der Waals surface area contributed by atoms with Crippen LogP contribution in [0.1, 0.15) is 12.8 Å². The molecule has 1 aliphatic rings. The summed E-state index contributed by atoms with van der Waals surface area (Å²) < 4.78 is 15.1. The van der Waals surface area contributed by atoms with Gasteiger partial charge in [0.25, 0.3) is 5.56 Å². The molecule has 0 aliphatic carbocycles. The Kier molecular flexibility index (Phi) is 5.56. The van der Waals surface area contributed by atoms with Gasteiger partial charge in [-0.3, -0.25) is 4.79 Å². The van der Waals surface area contributed by atoms with Gasteiger partial charge in [-0.2, -0.15) is 0 Å². The summed E-state index contributed by atoms with van der Waals surface area (Å²) in [6, 6.07) is 8.16. The Morgan fingerprint density at radius 2 is 1.82 bits per heavy atom. The standard InChI is InChI=1S/C16H20FN3O.ClH/c17-13-3-1-12-2-4-16(21)20(15(12)11-13)10-9-19-7-5-14(18)6-8-19;/h1-4,11,14H,5-10,18H2;1H. The van der Waals surface area contributed by atoms with Gasteiger partial charge in [-0.05, 0) is 55.6 Å². The molecule has 0 radical (unpaired) electrons. The smallest absolute Gasteiger partial charge is 0.251 e. The number of pyridine rings is 1. The molecule has 2 N–H and O–H groups in total. The van der Waals surface area contributed by atoms with Gasteiger partial charge >= 0.3 is 0 Å². The van der Waals surface area contributed by atoms with Crippen LogP contribution in [0, 0.1) is 5.82 Å². The van der Waals surface area contributed by atoms with Gasteiger partial charge in [0, 0.05) is 25.2 Å². The van der Waals surface area contributed by atoms with E-state index in [4.69, 9.17) is 5.73 Å². The minimum absolute atomic E-state index is 0. The summed E-state index contributed by atoms with van der Waals surface area (Å²) in [5.41, 5.74) is 6.48. The van der Waals surface area contributed by atoms with Crippen LogP contribution in [0.4, 0.5) is 4.39 Å². The SMILES string of the molecule is Cl.NC1CCN(CCn2c(=O)ccc3ccc(F)cc32)CC1. The van der Waals surface area contributed by atoms with Crippen molar-refractivity contribution in [3.05, 3.63) is 46.5 Å². The maximum atomic E-state index is 13.4. The highest BCUT2D eigenvalue weighted by Gasteiger charge is 2.16. The van der Waals surface area contributed by atoms with Crippen LogP contribution in [0.2, 0.25) is 0 Å². The van der Waals surface area contributed by atoms with Gasteiger partial charge in [-0.25, -0.2) is 4.39 Å². The second-order valence-corrected chi connectivity index (χ2v) is 5.71. The summed E-state index contributed by atoms with van der Waals surface area (Å²) in [5.74, 6) is -0.314. The molecule has 0 amide bonds. The maximum Gasteiger partial charge on any atom is 0.251 e. The van der Waals surface area contributed by atoms with E-state index in [0.717, 1.165) is 37.9 Å². The minimum atomic E-state index is -0.314. The topological polar surface area (TPSA) is 51.3 Å². The number of hydrogen-bond donors (Lipinski definition) is 1. The van der Waals surface area contributed by atoms with Crippen molar-refractivity contribution >= 4 is 23.3 Å². The van der Waals surface area contributed by atoms with Crippen molar-refractivity contribution in [2.75, 3.05) is 19.6 Å². The molecule has 1 fully saturated rings. The molecule has 3 rings (SSSR count). The predicted molar refractivity (Wildman–Crippen MR) is 89.1 cm³/mol. The molecule has 6 heteroatoms. The van der Waals surface area contributed by atoms with Crippen LogP contribution in [0.5, 0.6) is 0 Å². The first-order valence-corrected chi connectivity index (χ1v) is 7.40. The summed E-state index contributed by atoms with van der Waals surface area (Å²) in [6.07, 6.45) is 2.00. The second-order valence-electron chi connectivity index (χ2n) is 5.71. The molecule has 0 spiro atoms. The Morgan fingerprint density at radius 3 is 2.55 bits per heavy atom. The Morgan fingerprint density at radius 1 is 1.14 bits per heavy atom. The summed E-state index contributed by atoms with van der Waals surface area (Å²) in [7, 11) is 0. The molecular formula is C16H21ClFN3O. The fourth-order valence-corrected chi connectivity index (χ4v) is 2.91. The zero-order chi connectivity index (χ0) is 14.8. The monoisotopic (exact) mass is 325 g/mol. The Hall–Kier alpha value is -1.43. The summed E-state index contributed by atoms with van der Waals surface area (Å²) in [6.45, 7) is 3.31. The normalized spacial score (nSPS) is 16.6. The molecule has 1 aromatic carbocycles. The number of halogens is 2. The summed E-state index contributed by atoms with van der Waals surface area (Å²) in [5, 5.41) is 0.886. The highest BCUT2D eigenvalue weighted by Crippen LogP contribution is 2.14. The Bertz CT molecular complexity index is 695. The third-order valence-electron chi connectivity index (χ3n) is 4.23. The average molecular weight is 326 g/mol. The van der Waals surface area contributed by atoms with Crippen molar-refractivity contribution in [1.29, 1.82) is 0 Å². The molecule has 4 nitrogen and oxygen atoms in total.